The van der Waals surface area contributed by atoms with E-state index in [1.165, 1.54) is 0 Å². The number of anilines is 1. The molecule has 5 heteroatoms. The van der Waals surface area contributed by atoms with Gasteiger partial charge in [0.05, 0.1) is 11.4 Å². The van der Waals surface area contributed by atoms with Crippen molar-refractivity contribution >= 4 is 23.2 Å². The van der Waals surface area contributed by atoms with Crippen LogP contribution in [0.15, 0.2) is 36.5 Å². The predicted octanol–water partition coefficient (Wildman–Crippen LogP) is 4.16. The van der Waals surface area contributed by atoms with Gasteiger partial charge in [-0.3, -0.25) is 9.78 Å². The number of hydrogen-bond donors (Lipinski definition) is 2. The first-order valence-corrected chi connectivity index (χ1v) is 8.24. The van der Waals surface area contributed by atoms with Crippen molar-refractivity contribution in [3.8, 4) is 11.1 Å². The predicted molar refractivity (Wildman–Crippen MR) is 93.3 cm³/mol. The van der Waals surface area contributed by atoms with Gasteiger partial charge in [-0.25, -0.2) is 0 Å². The summed E-state index contributed by atoms with van der Waals surface area (Å²) in [4.78, 5) is 16.8. The van der Waals surface area contributed by atoms with Crippen molar-refractivity contribution in [2.45, 2.75) is 32.2 Å². The van der Waals surface area contributed by atoms with Crippen molar-refractivity contribution in [1.29, 1.82) is 0 Å². The Bertz CT molecular complexity index is 732. The van der Waals surface area contributed by atoms with Gasteiger partial charge in [-0.2, -0.15) is 0 Å². The zero-order valence-electron chi connectivity index (χ0n) is 13.1. The number of nitrogens with one attached hydrogen (secondary N) is 1. The van der Waals surface area contributed by atoms with Crippen molar-refractivity contribution in [3.05, 3.63) is 47.2 Å². The Kier molecular flexibility index (Phi) is 4.64. The van der Waals surface area contributed by atoms with Gasteiger partial charge in [-0.05, 0) is 42.7 Å². The maximum absolute atomic E-state index is 12.4. The molecule has 0 fully saturated rings. The number of carbonyl (C=O) groups excluding carboxylic acids is 1. The van der Waals surface area contributed by atoms with Crippen LogP contribution < -0.4 is 11.1 Å². The Morgan fingerprint density at radius 2 is 2.09 bits per heavy atom. The summed E-state index contributed by atoms with van der Waals surface area (Å²) in [6.07, 6.45) is 4.28. The van der Waals surface area contributed by atoms with E-state index in [9.17, 15) is 4.79 Å². The Hall–Kier alpha value is -1.91. The average molecular weight is 330 g/mol. The fraction of sp³-hybridized carbons (Fsp3) is 0.333. The maximum atomic E-state index is 12.4. The summed E-state index contributed by atoms with van der Waals surface area (Å²) in [5, 5.41) is 3.61. The molecule has 1 aromatic heterocycles. The summed E-state index contributed by atoms with van der Waals surface area (Å²) in [6.45, 7) is 1.94. The number of nitrogens with zero attached hydrogens (tertiary/aromatic N) is 1. The monoisotopic (exact) mass is 329 g/mol. The van der Waals surface area contributed by atoms with E-state index in [0.717, 1.165) is 41.8 Å². The van der Waals surface area contributed by atoms with Crippen molar-refractivity contribution in [2.24, 2.45) is 11.7 Å². The fourth-order valence-electron chi connectivity index (χ4n) is 2.87. The highest BCUT2D eigenvalue weighted by molar-refractivity contribution is 6.31. The van der Waals surface area contributed by atoms with Gasteiger partial charge in [0.25, 0.3) is 0 Å². The molecule has 0 aliphatic carbocycles. The zero-order valence-corrected chi connectivity index (χ0v) is 13.8. The second-order valence-electron chi connectivity index (χ2n) is 6.09. The summed E-state index contributed by atoms with van der Waals surface area (Å²) in [5.41, 5.74) is 9.76. The number of pyridine rings is 1. The topological polar surface area (TPSA) is 68.0 Å². The molecule has 23 heavy (non-hydrogen) atoms. The normalized spacial score (nSPS) is 21.6. The molecule has 1 aliphatic heterocycles. The highest BCUT2D eigenvalue weighted by Gasteiger charge is 2.18. The standard InChI is InChI=1S/C18H20ClN3O/c1-11-3-2-4-15(20)17-9-12(7-8-21-17)14-6-5-13(19)10-16(14)22-18(11)23/h5-11,15H,2-4,20H2,1H3,(H,22,23). The van der Waals surface area contributed by atoms with Crippen LogP contribution in [0.3, 0.4) is 0 Å². The third-order valence-corrected chi connectivity index (χ3v) is 4.55. The summed E-state index contributed by atoms with van der Waals surface area (Å²) in [7, 11) is 0. The summed E-state index contributed by atoms with van der Waals surface area (Å²) < 4.78 is 0. The maximum Gasteiger partial charge on any atom is 0.227 e. The third kappa shape index (κ3) is 3.54. The Morgan fingerprint density at radius 3 is 2.91 bits per heavy atom. The number of carbonyl (C=O) groups is 1. The van der Waals surface area contributed by atoms with Crippen LogP contribution >= 0.6 is 11.6 Å². The van der Waals surface area contributed by atoms with E-state index < -0.39 is 0 Å². The molecule has 0 spiro atoms. The summed E-state index contributed by atoms with van der Waals surface area (Å²) in [6, 6.07) is 9.33. The van der Waals surface area contributed by atoms with Crippen molar-refractivity contribution in [3.63, 3.8) is 0 Å². The molecule has 1 amide bonds. The molecule has 3 rings (SSSR count). The van der Waals surface area contributed by atoms with Crippen molar-refractivity contribution < 1.29 is 4.79 Å². The van der Waals surface area contributed by atoms with Gasteiger partial charge in [0.15, 0.2) is 0 Å². The molecule has 2 atom stereocenters. The number of halogens is 1. The molecule has 2 bridgehead atoms. The molecular formula is C18H20ClN3O. The van der Waals surface area contributed by atoms with Crippen LogP contribution in [0, 0.1) is 5.92 Å². The van der Waals surface area contributed by atoms with Gasteiger partial charge in [-0.1, -0.05) is 31.0 Å². The molecule has 1 aromatic carbocycles. The van der Waals surface area contributed by atoms with E-state index in [0.29, 0.717) is 5.02 Å². The first kappa shape index (κ1) is 16.0. The molecule has 120 valence electrons. The lowest BCUT2D eigenvalue weighted by Crippen LogP contribution is -2.22. The first-order valence-electron chi connectivity index (χ1n) is 7.87. The van der Waals surface area contributed by atoms with Crippen LogP contribution in [0.1, 0.15) is 37.9 Å². The second-order valence-corrected chi connectivity index (χ2v) is 6.52. The van der Waals surface area contributed by atoms with Crippen LogP contribution in [0.2, 0.25) is 5.02 Å². The fourth-order valence-corrected chi connectivity index (χ4v) is 3.04. The molecular weight excluding hydrogens is 310 g/mol. The molecule has 0 saturated carbocycles. The van der Waals surface area contributed by atoms with Crippen LogP contribution in [0.4, 0.5) is 5.69 Å². The van der Waals surface area contributed by atoms with E-state index in [2.05, 4.69) is 10.3 Å². The van der Waals surface area contributed by atoms with Crippen molar-refractivity contribution in [1.82, 2.24) is 4.98 Å². The van der Waals surface area contributed by atoms with Crippen LogP contribution in [0.25, 0.3) is 11.1 Å². The minimum Gasteiger partial charge on any atom is -0.325 e. The molecule has 0 saturated heterocycles. The number of nitrogens with two attached hydrogens (primary N) is 1. The Labute approximate surface area is 141 Å². The van der Waals surface area contributed by atoms with Gasteiger partial charge < -0.3 is 11.1 Å². The lowest BCUT2D eigenvalue weighted by Gasteiger charge is -2.19. The lowest BCUT2D eigenvalue weighted by atomic mass is 9.96. The summed E-state index contributed by atoms with van der Waals surface area (Å²) >= 11 is 6.11. The van der Waals surface area contributed by atoms with E-state index in [1.54, 1.807) is 12.3 Å². The highest BCUT2D eigenvalue weighted by Crippen LogP contribution is 2.33. The molecule has 4 nitrogen and oxygen atoms in total. The smallest absolute Gasteiger partial charge is 0.227 e. The molecule has 3 N–H and O–H groups in total. The number of benzene rings is 1. The molecule has 2 heterocycles. The van der Waals surface area contributed by atoms with Gasteiger partial charge in [-0.15, -0.1) is 0 Å². The molecule has 1 aliphatic rings. The number of aromatic nitrogens is 1. The van der Waals surface area contributed by atoms with Gasteiger partial charge in [0, 0.05) is 28.7 Å². The number of fused-ring (bicyclic) bond motifs is 4. The third-order valence-electron chi connectivity index (χ3n) is 4.31. The SMILES string of the molecule is CC1CCCC(N)c2cc(ccn2)-c2ccc(Cl)cc2NC1=O. The van der Waals surface area contributed by atoms with Crippen LogP contribution in [-0.2, 0) is 4.79 Å². The number of rotatable bonds is 0. The lowest BCUT2D eigenvalue weighted by molar-refractivity contribution is -0.119. The number of hydrogen-bond acceptors (Lipinski definition) is 3. The second kappa shape index (κ2) is 6.69. The van der Waals surface area contributed by atoms with Gasteiger partial charge >= 0.3 is 0 Å². The van der Waals surface area contributed by atoms with E-state index in [-0.39, 0.29) is 17.9 Å². The van der Waals surface area contributed by atoms with Crippen LogP contribution in [0.5, 0.6) is 0 Å². The quantitative estimate of drug-likeness (QED) is 0.762. The molecule has 2 aromatic rings. The zero-order chi connectivity index (χ0) is 16.4. The highest BCUT2D eigenvalue weighted by atomic mass is 35.5. The number of amides is 1. The van der Waals surface area contributed by atoms with Crippen molar-refractivity contribution in [2.75, 3.05) is 5.32 Å². The van der Waals surface area contributed by atoms with E-state index in [4.69, 9.17) is 17.3 Å². The van der Waals surface area contributed by atoms with E-state index >= 15 is 0 Å². The minimum absolute atomic E-state index is 0.0111. The Balaban J connectivity index is 2.12. The molecule has 2 unspecified atom stereocenters. The largest absolute Gasteiger partial charge is 0.325 e. The first-order chi connectivity index (χ1) is 11.0. The van der Waals surface area contributed by atoms with Crippen LogP contribution in [-0.4, -0.2) is 10.9 Å². The Morgan fingerprint density at radius 1 is 1.26 bits per heavy atom. The average Bonchev–Trinajstić information content (AvgIpc) is 2.54. The minimum atomic E-state index is -0.111. The van der Waals surface area contributed by atoms with E-state index in [1.807, 2.05) is 31.2 Å². The summed E-state index contributed by atoms with van der Waals surface area (Å²) in [5.74, 6) is -0.0586. The van der Waals surface area contributed by atoms with Gasteiger partial charge in [0.2, 0.25) is 5.91 Å². The van der Waals surface area contributed by atoms with Gasteiger partial charge in [0.1, 0.15) is 0 Å². The molecule has 0 radical (unpaired) electrons.